The third-order valence-corrected chi connectivity index (χ3v) is 5.19. The zero-order valence-corrected chi connectivity index (χ0v) is 20.3. The smallest absolute Gasteiger partial charge is 0.349 e. The number of anilines is 1. The minimum atomic E-state index is -0.866. The first-order valence-electron chi connectivity index (χ1n) is 11.0. The maximum atomic E-state index is 12.4. The number of aromatic nitrogens is 1. The number of carbonyl (C=O) groups is 3. The highest BCUT2D eigenvalue weighted by Crippen LogP contribution is 2.19. The van der Waals surface area contributed by atoms with E-state index in [1.807, 2.05) is 44.4 Å². The van der Waals surface area contributed by atoms with E-state index in [9.17, 15) is 19.6 Å². The summed E-state index contributed by atoms with van der Waals surface area (Å²) < 4.78 is 12.2. The molecule has 8 heteroatoms. The lowest BCUT2D eigenvalue weighted by molar-refractivity contribution is -0.137. The summed E-state index contributed by atoms with van der Waals surface area (Å²) in [5.74, 6) is -1.14. The van der Waals surface area contributed by atoms with Gasteiger partial charge in [-0.05, 0) is 61.7 Å². The number of carbonyl (C=O) groups excluding carboxylic acids is 3. The van der Waals surface area contributed by atoms with E-state index in [4.69, 9.17) is 9.47 Å². The average Bonchev–Trinajstić information content (AvgIpc) is 3.06. The molecule has 0 fully saturated rings. The number of Topliss-reactive ketones (excluding diaryl/α,β-unsaturated/α-hetero) is 1. The number of ether oxygens (including phenoxy) is 2. The van der Waals surface area contributed by atoms with E-state index in [0.29, 0.717) is 30.8 Å². The molecule has 2 aromatic rings. The predicted octanol–water partition coefficient (Wildman–Crippen LogP) is 4.07. The van der Waals surface area contributed by atoms with E-state index >= 15 is 0 Å². The molecule has 0 saturated carbocycles. The van der Waals surface area contributed by atoms with E-state index in [0.717, 1.165) is 17.0 Å². The molecule has 0 aliphatic heterocycles. The molecular formula is C26H31N3O5. The molecule has 0 unspecified atom stereocenters. The first-order valence-corrected chi connectivity index (χ1v) is 11.0. The zero-order valence-electron chi connectivity index (χ0n) is 20.3. The largest absolute Gasteiger partial charge is 0.453 e. The molecule has 0 spiro atoms. The standard InChI is InChI=1S/C26H31N3O5/c1-17(2)12-25(31)28-23-8-6-20(7-9-23)24(30)16-34-26(32)22(15-27)14-21-13-18(3)29(19(21)4)10-11-33-5/h6-9,13-14,17H,10-12,16H2,1-5H3,(H,28,31)/b22-14+. The molecule has 1 amide bonds. The van der Waals surface area contributed by atoms with Crippen LogP contribution in [0.25, 0.3) is 6.08 Å². The molecule has 0 bridgehead atoms. The molecule has 1 aromatic carbocycles. The molecule has 8 nitrogen and oxygen atoms in total. The van der Waals surface area contributed by atoms with Gasteiger partial charge in [0.25, 0.3) is 0 Å². The first kappa shape index (κ1) is 26.6. The van der Waals surface area contributed by atoms with Crippen molar-refractivity contribution >= 4 is 29.4 Å². The number of methoxy groups -OCH3 is 1. The molecule has 0 radical (unpaired) electrons. The van der Waals surface area contributed by atoms with Crippen LogP contribution in [-0.2, 0) is 25.6 Å². The van der Waals surface area contributed by atoms with Gasteiger partial charge in [-0.2, -0.15) is 5.26 Å². The summed E-state index contributed by atoms with van der Waals surface area (Å²) in [6, 6.07) is 10.1. The topological polar surface area (TPSA) is 110 Å². The van der Waals surface area contributed by atoms with Crippen LogP contribution < -0.4 is 5.32 Å². The van der Waals surface area contributed by atoms with Crippen LogP contribution in [0.1, 0.15) is 47.6 Å². The van der Waals surface area contributed by atoms with Crippen LogP contribution in [0, 0.1) is 31.1 Å². The van der Waals surface area contributed by atoms with Crippen LogP contribution in [0.2, 0.25) is 0 Å². The van der Waals surface area contributed by atoms with Crippen molar-refractivity contribution in [1.82, 2.24) is 4.57 Å². The van der Waals surface area contributed by atoms with E-state index in [1.54, 1.807) is 31.4 Å². The van der Waals surface area contributed by atoms with E-state index in [1.165, 1.54) is 6.08 Å². The van der Waals surface area contributed by atoms with Gasteiger partial charge in [0.15, 0.2) is 12.4 Å². The lowest BCUT2D eigenvalue weighted by Gasteiger charge is -2.08. The highest BCUT2D eigenvalue weighted by Gasteiger charge is 2.16. The fourth-order valence-corrected chi connectivity index (χ4v) is 3.41. The number of esters is 1. The van der Waals surface area contributed by atoms with Crippen molar-refractivity contribution in [3.05, 3.63) is 58.4 Å². The Balaban J connectivity index is 2.00. The Labute approximate surface area is 200 Å². The first-order chi connectivity index (χ1) is 16.2. The maximum Gasteiger partial charge on any atom is 0.349 e. The Morgan fingerprint density at radius 2 is 1.85 bits per heavy atom. The van der Waals surface area contributed by atoms with Crippen molar-refractivity contribution in [3.63, 3.8) is 0 Å². The van der Waals surface area contributed by atoms with Crippen molar-refractivity contribution in [1.29, 1.82) is 5.26 Å². The van der Waals surface area contributed by atoms with Gasteiger partial charge in [0.2, 0.25) is 5.91 Å². The number of nitrogens with one attached hydrogen (secondary N) is 1. The van der Waals surface area contributed by atoms with Gasteiger partial charge in [-0.1, -0.05) is 13.8 Å². The van der Waals surface area contributed by atoms with Gasteiger partial charge < -0.3 is 19.4 Å². The van der Waals surface area contributed by atoms with E-state index < -0.39 is 18.4 Å². The second-order valence-electron chi connectivity index (χ2n) is 8.36. The minimum absolute atomic E-state index is 0.0988. The number of hydrogen-bond acceptors (Lipinski definition) is 6. The van der Waals surface area contributed by atoms with Crippen LogP contribution in [0.3, 0.4) is 0 Å². The third kappa shape index (κ3) is 7.42. The van der Waals surface area contributed by atoms with Crippen LogP contribution in [0.4, 0.5) is 5.69 Å². The number of hydrogen-bond donors (Lipinski definition) is 1. The fourth-order valence-electron chi connectivity index (χ4n) is 3.41. The highest BCUT2D eigenvalue weighted by atomic mass is 16.5. The summed E-state index contributed by atoms with van der Waals surface area (Å²) in [5.41, 5.74) is 3.32. The minimum Gasteiger partial charge on any atom is -0.453 e. The lowest BCUT2D eigenvalue weighted by atomic mass is 10.1. The Morgan fingerprint density at radius 1 is 1.18 bits per heavy atom. The van der Waals surface area contributed by atoms with Gasteiger partial charge in [-0.3, -0.25) is 9.59 Å². The van der Waals surface area contributed by atoms with Crippen LogP contribution in [-0.4, -0.2) is 42.6 Å². The number of nitriles is 1. The van der Waals surface area contributed by atoms with Gasteiger partial charge in [-0.25, -0.2) is 4.79 Å². The average molecular weight is 466 g/mol. The van der Waals surface area contributed by atoms with Crippen molar-refractivity contribution < 1.29 is 23.9 Å². The lowest BCUT2D eigenvalue weighted by Crippen LogP contribution is -2.16. The van der Waals surface area contributed by atoms with Crippen LogP contribution in [0.5, 0.6) is 0 Å². The summed E-state index contributed by atoms with van der Waals surface area (Å²) in [6.07, 6.45) is 1.87. The molecule has 0 atom stereocenters. The number of benzene rings is 1. The van der Waals surface area contributed by atoms with E-state index in [2.05, 4.69) is 5.32 Å². The molecule has 2 rings (SSSR count). The normalized spacial score (nSPS) is 11.3. The molecule has 0 aliphatic carbocycles. The summed E-state index contributed by atoms with van der Waals surface area (Å²) in [7, 11) is 1.63. The zero-order chi connectivity index (χ0) is 25.3. The van der Waals surface area contributed by atoms with E-state index in [-0.39, 0.29) is 17.4 Å². The Bertz CT molecular complexity index is 1100. The van der Waals surface area contributed by atoms with Gasteiger partial charge in [0.05, 0.1) is 6.61 Å². The summed E-state index contributed by atoms with van der Waals surface area (Å²) in [5, 5.41) is 12.2. The number of ketones is 1. The number of amides is 1. The van der Waals surface area contributed by atoms with Crippen molar-refractivity contribution in [3.8, 4) is 6.07 Å². The number of rotatable bonds is 11. The molecule has 1 aromatic heterocycles. The monoisotopic (exact) mass is 465 g/mol. The van der Waals surface area contributed by atoms with Crippen LogP contribution >= 0.6 is 0 Å². The van der Waals surface area contributed by atoms with Gasteiger partial charge in [0, 0.05) is 42.7 Å². The second kappa shape index (κ2) is 12.5. The predicted molar refractivity (Wildman–Crippen MR) is 129 cm³/mol. The summed E-state index contributed by atoms with van der Waals surface area (Å²) in [4.78, 5) is 36.7. The van der Waals surface area contributed by atoms with Crippen molar-refractivity contribution in [2.75, 3.05) is 25.6 Å². The summed E-state index contributed by atoms with van der Waals surface area (Å²) >= 11 is 0. The Morgan fingerprint density at radius 3 is 2.44 bits per heavy atom. The quantitative estimate of drug-likeness (QED) is 0.232. The SMILES string of the molecule is COCCn1c(C)cc(/C=C(\C#N)C(=O)OCC(=O)c2ccc(NC(=O)CC(C)C)cc2)c1C. The molecule has 1 N–H and O–H groups in total. The Hall–Kier alpha value is -3.70. The molecule has 34 heavy (non-hydrogen) atoms. The number of aryl methyl sites for hydroxylation is 1. The van der Waals surface area contributed by atoms with Crippen molar-refractivity contribution in [2.45, 2.75) is 40.7 Å². The van der Waals surface area contributed by atoms with Crippen LogP contribution in [0.15, 0.2) is 35.9 Å². The molecule has 0 aliphatic rings. The fraction of sp³-hybridized carbons (Fsp3) is 0.385. The van der Waals surface area contributed by atoms with Gasteiger partial charge >= 0.3 is 5.97 Å². The second-order valence-corrected chi connectivity index (χ2v) is 8.36. The number of nitrogens with zero attached hydrogens (tertiary/aromatic N) is 2. The molecular weight excluding hydrogens is 434 g/mol. The highest BCUT2D eigenvalue weighted by molar-refractivity contribution is 6.02. The maximum absolute atomic E-state index is 12.4. The molecule has 1 heterocycles. The molecule has 0 saturated heterocycles. The Kier molecular flexibility index (Phi) is 9.77. The third-order valence-electron chi connectivity index (χ3n) is 5.19. The van der Waals surface area contributed by atoms with Gasteiger partial charge in [-0.15, -0.1) is 0 Å². The van der Waals surface area contributed by atoms with Gasteiger partial charge in [0.1, 0.15) is 11.6 Å². The summed E-state index contributed by atoms with van der Waals surface area (Å²) in [6.45, 7) is 8.44. The molecule has 180 valence electrons. The van der Waals surface area contributed by atoms with Crippen molar-refractivity contribution in [2.24, 2.45) is 5.92 Å².